The summed E-state index contributed by atoms with van der Waals surface area (Å²) in [6.45, 7) is 1.21. The monoisotopic (exact) mass is 463 g/mol. The van der Waals surface area contributed by atoms with Gasteiger partial charge in [0.1, 0.15) is 11.5 Å². The second kappa shape index (κ2) is 8.79. The van der Waals surface area contributed by atoms with Crippen LogP contribution in [-0.2, 0) is 14.8 Å². The van der Waals surface area contributed by atoms with Crippen molar-refractivity contribution >= 4 is 42.6 Å². The maximum atomic E-state index is 13.0. The zero-order valence-electron chi connectivity index (χ0n) is 17.0. The van der Waals surface area contributed by atoms with Crippen LogP contribution in [0.15, 0.2) is 41.3 Å². The molecule has 0 saturated carbocycles. The van der Waals surface area contributed by atoms with Crippen LogP contribution in [0, 0.1) is 0 Å². The highest BCUT2D eigenvalue weighted by Crippen LogP contribution is 2.31. The van der Waals surface area contributed by atoms with Crippen molar-refractivity contribution in [1.29, 1.82) is 0 Å². The highest BCUT2D eigenvalue weighted by Gasteiger charge is 2.28. The van der Waals surface area contributed by atoms with Gasteiger partial charge in [0.2, 0.25) is 10.0 Å². The van der Waals surface area contributed by atoms with Gasteiger partial charge in [0.25, 0.3) is 5.91 Å². The second-order valence-electron chi connectivity index (χ2n) is 6.69. The van der Waals surface area contributed by atoms with Crippen LogP contribution in [0.4, 0.5) is 5.13 Å². The summed E-state index contributed by atoms with van der Waals surface area (Å²) >= 11 is 1.29. The van der Waals surface area contributed by atoms with E-state index in [0.29, 0.717) is 24.1 Å². The third kappa shape index (κ3) is 4.35. The third-order valence-corrected chi connectivity index (χ3v) is 7.67. The molecule has 0 atom stereocenters. The molecule has 0 bridgehead atoms. The molecule has 1 aromatic heterocycles. The topological polar surface area (TPSA) is 107 Å². The van der Waals surface area contributed by atoms with Crippen molar-refractivity contribution in [1.82, 2.24) is 9.29 Å². The van der Waals surface area contributed by atoms with Gasteiger partial charge in [-0.05, 0) is 36.4 Å². The number of benzene rings is 2. The quantitative estimate of drug-likeness (QED) is 0.599. The van der Waals surface area contributed by atoms with Crippen LogP contribution in [0.25, 0.3) is 10.2 Å². The average Bonchev–Trinajstić information content (AvgIpc) is 3.20. The number of rotatable bonds is 6. The van der Waals surface area contributed by atoms with E-state index in [-0.39, 0.29) is 29.3 Å². The molecule has 1 fully saturated rings. The lowest BCUT2D eigenvalue weighted by atomic mass is 10.2. The molecule has 164 valence electrons. The van der Waals surface area contributed by atoms with Crippen molar-refractivity contribution in [3.8, 4) is 11.5 Å². The van der Waals surface area contributed by atoms with E-state index >= 15 is 0 Å². The van der Waals surface area contributed by atoms with Crippen LogP contribution >= 0.6 is 11.3 Å². The number of amides is 1. The highest BCUT2D eigenvalue weighted by atomic mass is 32.2. The molecular weight excluding hydrogens is 442 g/mol. The van der Waals surface area contributed by atoms with Crippen molar-refractivity contribution in [3.63, 3.8) is 0 Å². The zero-order chi connectivity index (χ0) is 22.0. The molecule has 1 saturated heterocycles. The Bertz CT molecular complexity index is 1220. The summed E-state index contributed by atoms with van der Waals surface area (Å²) in [6, 6.07) is 9.66. The molecule has 11 heteroatoms. The molecule has 1 aliphatic rings. The first-order chi connectivity index (χ1) is 14.9. The summed E-state index contributed by atoms with van der Waals surface area (Å²) in [7, 11) is -0.752. The molecule has 1 N–H and O–H groups in total. The highest BCUT2D eigenvalue weighted by molar-refractivity contribution is 7.89. The SMILES string of the molecule is COc1ccc2nc(NC(=O)c3cc(S(=O)(=O)N4CCOCC4)ccc3OC)sc2c1. The van der Waals surface area contributed by atoms with E-state index in [0.717, 1.165) is 10.2 Å². The normalized spacial score (nSPS) is 15.0. The number of morpholine rings is 1. The lowest BCUT2D eigenvalue weighted by Gasteiger charge is -2.26. The van der Waals surface area contributed by atoms with E-state index in [1.54, 1.807) is 19.2 Å². The van der Waals surface area contributed by atoms with Crippen molar-refractivity contribution in [2.24, 2.45) is 0 Å². The van der Waals surface area contributed by atoms with Gasteiger partial charge in [0.15, 0.2) is 5.13 Å². The Balaban J connectivity index is 1.63. The molecule has 1 aliphatic heterocycles. The number of hydrogen-bond donors (Lipinski definition) is 1. The smallest absolute Gasteiger partial charge is 0.261 e. The Hall–Kier alpha value is -2.73. The summed E-state index contributed by atoms with van der Waals surface area (Å²) in [4.78, 5) is 17.4. The number of anilines is 1. The molecule has 4 rings (SSSR count). The number of nitrogens with zero attached hydrogens (tertiary/aromatic N) is 2. The Kier molecular flexibility index (Phi) is 6.10. The lowest BCUT2D eigenvalue weighted by Crippen LogP contribution is -2.40. The van der Waals surface area contributed by atoms with Gasteiger partial charge in [-0.1, -0.05) is 11.3 Å². The number of fused-ring (bicyclic) bond motifs is 1. The lowest BCUT2D eigenvalue weighted by molar-refractivity contribution is 0.0730. The van der Waals surface area contributed by atoms with Gasteiger partial charge in [-0.2, -0.15) is 4.31 Å². The minimum Gasteiger partial charge on any atom is -0.497 e. The third-order valence-electron chi connectivity index (χ3n) is 4.84. The Morgan fingerprint density at radius 2 is 1.90 bits per heavy atom. The van der Waals surface area contributed by atoms with Crippen LogP contribution in [0.1, 0.15) is 10.4 Å². The number of aromatic nitrogens is 1. The van der Waals surface area contributed by atoms with Gasteiger partial charge in [-0.15, -0.1) is 0 Å². The Morgan fingerprint density at radius 1 is 1.13 bits per heavy atom. The fourth-order valence-electron chi connectivity index (χ4n) is 3.21. The summed E-state index contributed by atoms with van der Waals surface area (Å²) in [5, 5.41) is 3.12. The average molecular weight is 464 g/mol. The Morgan fingerprint density at radius 3 is 2.61 bits per heavy atom. The van der Waals surface area contributed by atoms with Gasteiger partial charge in [0.05, 0.1) is 48.1 Å². The number of methoxy groups -OCH3 is 2. The molecule has 1 amide bonds. The number of thiazole rings is 1. The first-order valence-electron chi connectivity index (χ1n) is 9.44. The van der Waals surface area contributed by atoms with Gasteiger partial charge in [-0.25, -0.2) is 13.4 Å². The predicted molar refractivity (Wildman–Crippen MR) is 117 cm³/mol. The molecular formula is C20H21N3O6S2. The van der Waals surface area contributed by atoms with Crippen LogP contribution in [0.5, 0.6) is 11.5 Å². The number of nitrogens with one attached hydrogen (secondary N) is 1. The molecule has 3 aromatic rings. The van der Waals surface area contributed by atoms with Crippen LogP contribution < -0.4 is 14.8 Å². The molecule has 0 spiro atoms. The van der Waals surface area contributed by atoms with E-state index in [9.17, 15) is 13.2 Å². The van der Waals surface area contributed by atoms with E-state index in [4.69, 9.17) is 14.2 Å². The van der Waals surface area contributed by atoms with Crippen molar-refractivity contribution in [3.05, 3.63) is 42.0 Å². The molecule has 2 heterocycles. The van der Waals surface area contributed by atoms with Gasteiger partial charge >= 0.3 is 0 Å². The molecule has 0 unspecified atom stereocenters. The van der Waals surface area contributed by atoms with E-state index in [1.807, 2.05) is 6.07 Å². The van der Waals surface area contributed by atoms with Crippen molar-refractivity contribution in [2.75, 3.05) is 45.8 Å². The first-order valence-corrected chi connectivity index (χ1v) is 11.7. The van der Waals surface area contributed by atoms with Crippen LogP contribution in [0.3, 0.4) is 0 Å². The van der Waals surface area contributed by atoms with Crippen molar-refractivity contribution in [2.45, 2.75) is 4.90 Å². The number of carbonyl (C=O) groups is 1. The summed E-state index contributed by atoms with van der Waals surface area (Å²) < 4.78 is 43.9. The zero-order valence-corrected chi connectivity index (χ0v) is 18.6. The first kappa shape index (κ1) is 21.5. The van der Waals surface area contributed by atoms with E-state index < -0.39 is 15.9 Å². The molecule has 31 heavy (non-hydrogen) atoms. The number of ether oxygens (including phenoxy) is 3. The maximum absolute atomic E-state index is 13.0. The van der Waals surface area contributed by atoms with Gasteiger partial charge in [-0.3, -0.25) is 10.1 Å². The fraction of sp³-hybridized carbons (Fsp3) is 0.300. The minimum atomic E-state index is -3.75. The summed E-state index contributed by atoms with van der Waals surface area (Å²) in [5.41, 5.74) is 0.824. The number of carbonyl (C=O) groups excluding carboxylic acids is 1. The van der Waals surface area contributed by atoms with E-state index in [2.05, 4.69) is 10.3 Å². The van der Waals surface area contributed by atoms with E-state index in [1.165, 1.54) is 41.0 Å². The standard InChI is InChI=1S/C20H21N3O6S2/c1-27-13-3-5-16-18(11-13)30-20(21-16)22-19(24)15-12-14(4-6-17(15)28-2)31(25,26)23-7-9-29-10-8-23/h3-6,11-12H,7-10H2,1-2H3,(H,21,22,24). The fourth-order valence-corrected chi connectivity index (χ4v) is 5.53. The summed E-state index contributed by atoms with van der Waals surface area (Å²) in [5.74, 6) is 0.444. The minimum absolute atomic E-state index is 0.0226. The number of hydrogen-bond acceptors (Lipinski definition) is 8. The number of sulfonamides is 1. The Labute approximate surface area is 183 Å². The molecule has 2 aromatic carbocycles. The van der Waals surface area contributed by atoms with Crippen molar-refractivity contribution < 1.29 is 27.4 Å². The largest absolute Gasteiger partial charge is 0.497 e. The molecule has 0 aliphatic carbocycles. The van der Waals surface area contributed by atoms with Crippen LogP contribution in [0.2, 0.25) is 0 Å². The summed E-state index contributed by atoms with van der Waals surface area (Å²) in [6.07, 6.45) is 0. The van der Waals surface area contributed by atoms with Gasteiger partial charge in [0, 0.05) is 13.1 Å². The van der Waals surface area contributed by atoms with Crippen LogP contribution in [-0.4, -0.2) is 64.1 Å². The molecule has 9 nitrogen and oxygen atoms in total. The molecule has 0 radical (unpaired) electrons. The van der Waals surface area contributed by atoms with Gasteiger partial charge < -0.3 is 14.2 Å². The second-order valence-corrected chi connectivity index (χ2v) is 9.65. The maximum Gasteiger partial charge on any atom is 0.261 e. The predicted octanol–water partition coefficient (Wildman–Crippen LogP) is 2.59.